The molecule has 0 atom stereocenters. The maximum absolute atomic E-state index is 12.3. The number of carbonyl (C=O) groups is 3. The van der Waals surface area contributed by atoms with E-state index in [2.05, 4.69) is 20.7 Å². The van der Waals surface area contributed by atoms with Crippen molar-refractivity contribution in [3.8, 4) is 0 Å². The lowest BCUT2D eigenvalue weighted by molar-refractivity contribution is -0.116. The highest BCUT2D eigenvalue weighted by Crippen LogP contribution is 2.15. The lowest BCUT2D eigenvalue weighted by Crippen LogP contribution is -2.34. The third-order valence-corrected chi connectivity index (χ3v) is 4.00. The van der Waals surface area contributed by atoms with E-state index in [1.807, 2.05) is 13.8 Å². The summed E-state index contributed by atoms with van der Waals surface area (Å²) >= 11 is 5.17. The first kappa shape index (κ1) is 22.0. The van der Waals surface area contributed by atoms with Gasteiger partial charge in [-0.3, -0.25) is 14.9 Å². The molecule has 0 aliphatic heterocycles. The van der Waals surface area contributed by atoms with E-state index in [9.17, 15) is 14.4 Å². The van der Waals surface area contributed by atoms with Crippen LogP contribution < -0.4 is 16.0 Å². The Bertz CT molecular complexity index is 910. The van der Waals surface area contributed by atoms with Crippen LogP contribution in [-0.2, 0) is 9.53 Å². The molecule has 0 saturated heterocycles. The van der Waals surface area contributed by atoms with Gasteiger partial charge >= 0.3 is 5.97 Å². The molecular formula is C21H23N3O4S. The monoisotopic (exact) mass is 413 g/mol. The second-order valence-corrected chi connectivity index (χ2v) is 7.11. The molecule has 0 heterocycles. The van der Waals surface area contributed by atoms with Gasteiger partial charge in [0.05, 0.1) is 12.7 Å². The van der Waals surface area contributed by atoms with Crippen LogP contribution >= 0.6 is 12.2 Å². The summed E-state index contributed by atoms with van der Waals surface area (Å²) in [7, 11) is 1.27. The number of hydrogen-bond donors (Lipinski definition) is 3. The first-order valence-corrected chi connectivity index (χ1v) is 9.40. The van der Waals surface area contributed by atoms with Crippen LogP contribution in [0.4, 0.5) is 11.4 Å². The predicted octanol–water partition coefficient (Wildman–Crippen LogP) is 3.58. The molecule has 0 aromatic heterocycles. The number of benzene rings is 2. The van der Waals surface area contributed by atoms with Crippen molar-refractivity contribution >= 4 is 46.5 Å². The fourth-order valence-corrected chi connectivity index (χ4v) is 2.67. The Kier molecular flexibility index (Phi) is 7.85. The Morgan fingerprint density at radius 2 is 1.55 bits per heavy atom. The summed E-state index contributed by atoms with van der Waals surface area (Å²) in [6, 6.07) is 13.1. The second kappa shape index (κ2) is 10.3. The Morgan fingerprint density at radius 1 is 0.966 bits per heavy atom. The quantitative estimate of drug-likeness (QED) is 0.495. The van der Waals surface area contributed by atoms with E-state index in [-0.39, 0.29) is 28.1 Å². The van der Waals surface area contributed by atoms with Gasteiger partial charge in [0.1, 0.15) is 0 Å². The van der Waals surface area contributed by atoms with Crippen molar-refractivity contribution < 1.29 is 19.1 Å². The van der Waals surface area contributed by atoms with Crippen LogP contribution in [0.1, 0.15) is 41.0 Å². The number of nitrogens with one attached hydrogen (secondary N) is 3. The van der Waals surface area contributed by atoms with E-state index in [1.165, 1.54) is 13.2 Å². The van der Waals surface area contributed by atoms with Crippen molar-refractivity contribution in [3.05, 3.63) is 59.7 Å². The number of carbonyl (C=O) groups excluding carboxylic acids is 3. The van der Waals surface area contributed by atoms with E-state index in [0.717, 1.165) is 0 Å². The standard InChI is InChI=1S/C21H23N3O4S/c1-13(2)11-18(25)22-16-7-9-17(10-8-16)23-21(29)24-19(26)14-5-4-6-15(12-14)20(27)28-3/h4-10,12-13H,11H2,1-3H3,(H,22,25)(H2,23,24,26,29). The molecule has 2 aromatic carbocycles. The molecule has 0 unspecified atom stereocenters. The summed E-state index contributed by atoms with van der Waals surface area (Å²) in [5, 5.41) is 8.38. The van der Waals surface area contributed by atoms with E-state index >= 15 is 0 Å². The van der Waals surface area contributed by atoms with Gasteiger partial charge < -0.3 is 15.4 Å². The molecule has 7 nitrogen and oxygen atoms in total. The van der Waals surface area contributed by atoms with Crippen molar-refractivity contribution in [2.24, 2.45) is 5.92 Å². The summed E-state index contributed by atoms with van der Waals surface area (Å²) < 4.78 is 4.65. The number of amides is 2. The number of esters is 1. The van der Waals surface area contributed by atoms with Gasteiger partial charge in [0, 0.05) is 23.4 Å². The number of anilines is 2. The van der Waals surface area contributed by atoms with Crippen LogP contribution in [0, 0.1) is 5.92 Å². The molecule has 8 heteroatoms. The van der Waals surface area contributed by atoms with Gasteiger partial charge in [-0.05, 0) is 60.6 Å². The van der Waals surface area contributed by atoms with Gasteiger partial charge in [0.2, 0.25) is 5.91 Å². The lowest BCUT2D eigenvalue weighted by Gasteiger charge is -2.11. The van der Waals surface area contributed by atoms with Crippen molar-refractivity contribution in [2.45, 2.75) is 20.3 Å². The summed E-state index contributed by atoms with van der Waals surface area (Å²) in [6.07, 6.45) is 0.452. The molecule has 2 rings (SSSR count). The zero-order chi connectivity index (χ0) is 21.4. The van der Waals surface area contributed by atoms with Crippen molar-refractivity contribution in [1.29, 1.82) is 0 Å². The normalized spacial score (nSPS) is 10.2. The van der Waals surface area contributed by atoms with Crippen LogP contribution in [0.2, 0.25) is 0 Å². The van der Waals surface area contributed by atoms with E-state index in [4.69, 9.17) is 12.2 Å². The first-order chi connectivity index (χ1) is 13.8. The average molecular weight is 413 g/mol. The van der Waals surface area contributed by atoms with Gasteiger partial charge in [-0.15, -0.1) is 0 Å². The van der Waals surface area contributed by atoms with Gasteiger partial charge in [-0.1, -0.05) is 19.9 Å². The third kappa shape index (κ3) is 7.00. The van der Waals surface area contributed by atoms with E-state index in [1.54, 1.807) is 42.5 Å². The molecule has 3 N–H and O–H groups in total. The molecule has 0 bridgehead atoms. The molecule has 29 heavy (non-hydrogen) atoms. The van der Waals surface area contributed by atoms with Crippen LogP contribution in [0.5, 0.6) is 0 Å². The Labute approximate surface area is 174 Å². The van der Waals surface area contributed by atoms with Crippen molar-refractivity contribution in [1.82, 2.24) is 5.32 Å². The number of ether oxygens (including phenoxy) is 1. The summed E-state index contributed by atoms with van der Waals surface area (Å²) in [5.41, 5.74) is 1.88. The topological polar surface area (TPSA) is 96.5 Å². The molecule has 2 aromatic rings. The number of hydrogen-bond acceptors (Lipinski definition) is 5. The molecule has 0 aliphatic carbocycles. The molecule has 0 saturated carbocycles. The maximum atomic E-state index is 12.3. The van der Waals surface area contributed by atoms with Crippen LogP contribution in [0.15, 0.2) is 48.5 Å². The highest BCUT2D eigenvalue weighted by Gasteiger charge is 2.12. The van der Waals surface area contributed by atoms with Crippen LogP contribution in [0.3, 0.4) is 0 Å². The molecule has 2 amide bonds. The van der Waals surface area contributed by atoms with Crippen LogP contribution in [-0.4, -0.2) is 30.0 Å². The lowest BCUT2D eigenvalue weighted by atomic mass is 10.1. The Hall–Kier alpha value is -3.26. The number of rotatable bonds is 6. The second-order valence-electron chi connectivity index (χ2n) is 6.70. The first-order valence-electron chi connectivity index (χ1n) is 8.99. The number of methoxy groups -OCH3 is 1. The highest BCUT2D eigenvalue weighted by molar-refractivity contribution is 7.80. The van der Waals surface area contributed by atoms with Crippen molar-refractivity contribution in [3.63, 3.8) is 0 Å². The van der Waals surface area contributed by atoms with Gasteiger partial charge in [0.25, 0.3) is 5.91 Å². The molecule has 0 radical (unpaired) electrons. The molecule has 0 spiro atoms. The fraction of sp³-hybridized carbons (Fsp3) is 0.238. The molecule has 0 fully saturated rings. The smallest absolute Gasteiger partial charge is 0.337 e. The minimum absolute atomic E-state index is 0.0438. The van der Waals surface area contributed by atoms with Crippen LogP contribution in [0.25, 0.3) is 0 Å². The predicted molar refractivity (Wildman–Crippen MR) is 116 cm³/mol. The minimum atomic E-state index is -0.527. The zero-order valence-electron chi connectivity index (χ0n) is 16.4. The molecule has 0 aliphatic rings. The maximum Gasteiger partial charge on any atom is 0.337 e. The Balaban J connectivity index is 1.93. The highest BCUT2D eigenvalue weighted by atomic mass is 32.1. The van der Waals surface area contributed by atoms with Gasteiger partial charge in [0.15, 0.2) is 5.11 Å². The SMILES string of the molecule is COC(=O)c1cccc(C(=O)NC(=S)Nc2ccc(NC(=O)CC(C)C)cc2)c1. The zero-order valence-corrected chi connectivity index (χ0v) is 17.3. The molecular weight excluding hydrogens is 390 g/mol. The fourth-order valence-electron chi connectivity index (χ4n) is 2.46. The minimum Gasteiger partial charge on any atom is -0.465 e. The van der Waals surface area contributed by atoms with Gasteiger partial charge in [-0.25, -0.2) is 4.79 Å². The summed E-state index contributed by atoms with van der Waals surface area (Å²) in [4.78, 5) is 35.7. The van der Waals surface area contributed by atoms with E-state index in [0.29, 0.717) is 17.8 Å². The van der Waals surface area contributed by atoms with Gasteiger partial charge in [-0.2, -0.15) is 0 Å². The molecule has 152 valence electrons. The van der Waals surface area contributed by atoms with E-state index < -0.39 is 11.9 Å². The largest absolute Gasteiger partial charge is 0.465 e. The summed E-state index contributed by atoms with van der Waals surface area (Å²) in [5.74, 6) is -0.741. The average Bonchev–Trinajstić information content (AvgIpc) is 2.68. The van der Waals surface area contributed by atoms with Crippen molar-refractivity contribution in [2.75, 3.05) is 17.7 Å². The Morgan fingerprint density at radius 3 is 2.14 bits per heavy atom. The number of thiocarbonyl (C=S) groups is 1. The third-order valence-electron chi connectivity index (χ3n) is 3.79. The summed E-state index contributed by atoms with van der Waals surface area (Å²) in [6.45, 7) is 3.96.